The Kier molecular flexibility index (Phi) is 2.70. The monoisotopic (exact) mass is 274 g/mol. The zero-order valence-corrected chi connectivity index (χ0v) is 11.7. The highest BCUT2D eigenvalue weighted by molar-refractivity contribution is 7.19. The van der Waals surface area contributed by atoms with Crippen molar-refractivity contribution >= 4 is 27.4 Å². The van der Waals surface area contributed by atoms with Gasteiger partial charge in [0.2, 0.25) is 0 Å². The molecule has 4 nitrogen and oxygen atoms in total. The molecule has 3 heterocycles. The number of hydrogen-bond donors (Lipinski definition) is 1. The van der Waals surface area contributed by atoms with Crippen molar-refractivity contribution < 1.29 is 0 Å². The first-order chi connectivity index (χ1) is 9.33. The van der Waals surface area contributed by atoms with Crippen LogP contribution in [0.1, 0.15) is 29.7 Å². The van der Waals surface area contributed by atoms with Crippen LogP contribution in [0.3, 0.4) is 0 Å². The Morgan fingerprint density at radius 2 is 2.16 bits per heavy atom. The van der Waals surface area contributed by atoms with Crippen LogP contribution in [0.25, 0.3) is 10.2 Å². The fourth-order valence-corrected chi connectivity index (χ4v) is 4.60. The first-order valence-corrected chi connectivity index (χ1v) is 7.90. The second kappa shape index (κ2) is 4.42. The van der Waals surface area contributed by atoms with Crippen LogP contribution in [-0.4, -0.2) is 29.1 Å². The van der Waals surface area contributed by atoms with Crippen molar-refractivity contribution in [2.75, 3.05) is 18.0 Å². The Bertz CT molecular complexity index is 621. The van der Waals surface area contributed by atoms with Gasteiger partial charge in [0.25, 0.3) is 0 Å². The molecule has 0 radical (unpaired) electrons. The summed E-state index contributed by atoms with van der Waals surface area (Å²) in [6.07, 6.45) is 7.81. The molecule has 4 rings (SSSR count). The number of fused-ring (bicyclic) bond motifs is 3. The van der Waals surface area contributed by atoms with Gasteiger partial charge < -0.3 is 10.6 Å². The summed E-state index contributed by atoms with van der Waals surface area (Å²) in [5.41, 5.74) is 8.71. The molecule has 19 heavy (non-hydrogen) atoms. The smallest absolute Gasteiger partial charge is 0.150 e. The van der Waals surface area contributed by atoms with E-state index in [1.54, 1.807) is 6.33 Å². The SMILES string of the molecule is NC1CCN(c2ncnc3c4c(sc23)CCCC4)C1. The highest BCUT2D eigenvalue weighted by Crippen LogP contribution is 2.39. The molecule has 100 valence electrons. The highest BCUT2D eigenvalue weighted by atomic mass is 32.1. The third kappa shape index (κ3) is 1.83. The van der Waals surface area contributed by atoms with Crippen LogP contribution >= 0.6 is 11.3 Å². The maximum Gasteiger partial charge on any atom is 0.150 e. The van der Waals surface area contributed by atoms with E-state index in [0.29, 0.717) is 6.04 Å². The number of aryl methyl sites for hydroxylation is 2. The molecule has 1 aliphatic heterocycles. The Hall–Kier alpha value is -1.20. The average Bonchev–Trinajstić information content (AvgIpc) is 3.02. The lowest BCUT2D eigenvalue weighted by atomic mass is 9.98. The summed E-state index contributed by atoms with van der Waals surface area (Å²) < 4.78 is 1.28. The van der Waals surface area contributed by atoms with Crippen molar-refractivity contribution in [1.29, 1.82) is 0 Å². The summed E-state index contributed by atoms with van der Waals surface area (Å²) >= 11 is 1.91. The molecule has 0 saturated carbocycles. The van der Waals surface area contributed by atoms with E-state index in [4.69, 9.17) is 5.73 Å². The third-order valence-electron chi connectivity index (χ3n) is 4.24. The molecule has 0 amide bonds. The summed E-state index contributed by atoms with van der Waals surface area (Å²) in [5.74, 6) is 1.11. The van der Waals surface area contributed by atoms with Gasteiger partial charge in [0.05, 0.1) is 10.2 Å². The van der Waals surface area contributed by atoms with E-state index in [-0.39, 0.29) is 0 Å². The van der Waals surface area contributed by atoms with Gasteiger partial charge in [-0.25, -0.2) is 9.97 Å². The molecule has 0 spiro atoms. The maximum absolute atomic E-state index is 6.02. The topological polar surface area (TPSA) is 55.0 Å². The lowest BCUT2D eigenvalue weighted by molar-refractivity contribution is 0.699. The number of anilines is 1. The fourth-order valence-electron chi connectivity index (χ4n) is 3.24. The van der Waals surface area contributed by atoms with Crippen LogP contribution in [0.4, 0.5) is 5.82 Å². The molecule has 0 aromatic carbocycles. The van der Waals surface area contributed by atoms with Crippen molar-refractivity contribution in [2.45, 2.75) is 38.1 Å². The van der Waals surface area contributed by atoms with Crippen molar-refractivity contribution in [2.24, 2.45) is 5.73 Å². The molecule has 1 aliphatic carbocycles. The Morgan fingerprint density at radius 3 is 3.00 bits per heavy atom. The molecular weight excluding hydrogens is 256 g/mol. The van der Waals surface area contributed by atoms with E-state index < -0.39 is 0 Å². The molecule has 0 bridgehead atoms. The molecule has 1 saturated heterocycles. The Morgan fingerprint density at radius 1 is 1.26 bits per heavy atom. The molecule has 2 aromatic heterocycles. The van der Waals surface area contributed by atoms with Crippen LogP contribution in [-0.2, 0) is 12.8 Å². The molecule has 2 aliphatic rings. The van der Waals surface area contributed by atoms with E-state index in [9.17, 15) is 0 Å². The van der Waals surface area contributed by atoms with Gasteiger partial charge in [-0.1, -0.05) is 0 Å². The van der Waals surface area contributed by atoms with Gasteiger partial charge in [-0.3, -0.25) is 0 Å². The molecule has 1 fully saturated rings. The van der Waals surface area contributed by atoms with Crippen LogP contribution < -0.4 is 10.6 Å². The summed E-state index contributed by atoms with van der Waals surface area (Å²) in [6, 6.07) is 0.291. The predicted molar refractivity (Wildman–Crippen MR) is 78.9 cm³/mol. The minimum Gasteiger partial charge on any atom is -0.354 e. The van der Waals surface area contributed by atoms with E-state index in [2.05, 4.69) is 14.9 Å². The van der Waals surface area contributed by atoms with Crippen LogP contribution in [0.2, 0.25) is 0 Å². The number of nitrogens with zero attached hydrogens (tertiary/aromatic N) is 3. The highest BCUT2D eigenvalue weighted by Gasteiger charge is 2.25. The minimum atomic E-state index is 0.291. The number of hydrogen-bond acceptors (Lipinski definition) is 5. The van der Waals surface area contributed by atoms with Crippen molar-refractivity contribution in [3.63, 3.8) is 0 Å². The number of thiophene rings is 1. The van der Waals surface area contributed by atoms with Gasteiger partial charge in [0.1, 0.15) is 12.1 Å². The molecular formula is C14H18N4S. The number of nitrogens with two attached hydrogens (primary N) is 1. The van der Waals surface area contributed by atoms with E-state index in [0.717, 1.165) is 25.3 Å². The average molecular weight is 274 g/mol. The van der Waals surface area contributed by atoms with E-state index in [1.807, 2.05) is 11.3 Å². The molecule has 1 atom stereocenters. The van der Waals surface area contributed by atoms with E-state index in [1.165, 1.54) is 46.3 Å². The minimum absolute atomic E-state index is 0.291. The standard InChI is InChI=1S/C14H18N4S/c15-9-5-6-18(7-9)14-13-12(16-8-17-14)10-3-1-2-4-11(10)19-13/h8-9H,1-7,15H2. The number of aromatic nitrogens is 2. The predicted octanol–water partition coefficient (Wildman–Crippen LogP) is 2.11. The van der Waals surface area contributed by atoms with Gasteiger partial charge in [-0.2, -0.15) is 0 Å². The third-order valence-corrected chi connectivity index (χ3v) is 5.51. The van der Waals surface area contributed by atoms with Crippen LogP contribution in [0, 0.1) is 0 Å². The van der Waals surface area contributed by atoms with Crippen LogP contribution in [0.15, 0.2) is 6.33 Å². The second-order valence-electron chi connectivity index (χ2n) is 5.58. The van der Waals surface area contributed by atoms with Gasteiger partial charge in [-0.15, -0.1) is 11.3 Å². The normalized spacial score (nSPS) is 23.0. The lowest BCUT2D eigenvalue weighted by Gasteiger charge is -2.17. The lowest BCUT2D eigenvalue weighted by Crippen LogP contribution is -2.26. The van der Waals surface area contributed by atoms with Gasteiger partial charge in [0.15, 0.2) is 0 Å². The molecule has 2 aromatic rings. The van der Waals surface area contributed by atoms with Crippen molar-refractivity contribution in [3.8, 4) is 0 Å². The molecule has 2 N–H and O–H groups in total. The zero-order valence-electron chi connectivity index (χ0n) is 10.9. The zero-order chi connectivity index (χ0) is 12.8. The van der Waals surface area contributed by atoms with Gasteiger partial charge in [-0.05, 0) is 37.7 Å². The quantitative estimate of drug-likeness (QED) is 0.865. The molecule has 1 unspecified atom stereocenters. The number of rotatable bonds is 1. The first-order valence-electron chi connectivity index (χ1n) is 7.08. The summed E-state index contributed by atoms with van der Waals surface area (Å²) in [5, 5.41) is 0. The first kappa shape index (κ1) is 11.6. The second-order valence-corrected chi connectivity index (χ2v) is 6.69. The summed E-state index contributed by atoms with van der Waals surface area (Å²) in [4.78, 5) is 12.9. The Labute approximate surface area is 116 Å². The van der Waals surface area contributed by atoms with Crippen LogP contribution in [0.5, 0.6) is 0 Å². The van der Waals surface area contributed by atoms with Crippen molar-refractivity contribution in [1.82, 2.24) is 9.97 Å². The molecule has 5 heteroatoms. The van der Waals surface area contributed by atoms with Gasteiger partial charge >= 0.3 is 0 Å². The summed E-state index contributed by atoms with van der Waals surface area (Å²) in [6.45, 7) is 1.95. The maximum atomic E-state index is 6.02. The van der Waals surface area contributed by atoms with Gasteiger partial charge in [0, 0.05) is 24.0 Å². The Balaban J connectivity index is 1.85. The van der Waals surface area contributed by atoms with E-state index >= 15 is 0 Å². The fraction of sp³-hybridized carbons (Fsp3) is 0.571. The summed E-state index contributed by atoms with van der Waals surface area (Å²) in [7, 11) is 0. The largest absolute Gasteiger partial charge is 0.354 e. The van der Waals surface area contributed by atoms with Crippen molar-refractivity contribution in [3.05, 3.63) is 16.8 Å².